The van der Waals surface area contributed by atoms with Gasteiger partial charge in [-0.2, -0.15) is 26.3 Å². The Kier molecular flexibility index (Phi) is 3.89. The number of halogens is 7. The Labute approximate surface area is 105 Å². The van der Waals surface area contributed by atoms with E-state index in [1.165, 1.54) is 12.1 Å². The fraction of sp³-hybridized carbons (Fsp3) is 0.500. The van der Waals surface area contributed by atoms with E-state index in [2.05, 4.69) is 0 Å². The average molecular weight is 288 g/mol. The van der Waals surface area contributed by atoms with Crippen molar-refractivity contribution in [2.75, 3.05) is 0 Å². The first-order chi connectivity index (χ1) is 8.41. The van der Waals surface area contributed by atoms with Gasteiger partial charge in [0.05, 0.1) is 0 Å². The normalized spacial score (nSPS) is 15.4. The van der Waals surface area contributed by atoms with E-state index in [1.807, 2.05) is 0 Å². The molecule has 0 aromatic heterocycles. The highest BCUT2D eigenvalue weighted by Crippen LogP contribution is 2.58. The summed E-state index contributed by atoms with van der Waals surface area (Å²) in [5.41, 5.74) is -4.48. The highest BCUT2D eigenvalue weighted by molar-refractivity contribution is 5.25. The van der Waals surface area contributed by atoms with Gasteiger partial charge in [0.15, 0.2) is 5.41 Å². The van der Waals surface area contributed by atoms with Crippen LogP contribution >= 0.6 is 0 Å². The van der Waals surface area contributed by atoms with Crippen molar-refractivity contribution in [2.24, 2.45) is 5.41 Å². The van der Waals surface area contributed by atoms with Crippen LogP contribution in [0.4, 0.5) is 30.7 Å². The molecule has 0 aliphatic rings. The highest BCUT2D eigenvalue weighted by Gasteiger charge is 2.72. The van der Waals surface area contributed by atoms with Gasteiger partial charge in [-0.15, -0.1) is 0 Å². The van der Waals surface area contributed by atoms with Crippen molar-refractivity contribution < 1.29 is 30.7 Å². The molecule has 1 rings (SSSR count). The molecule has 0 aliphatic heterocycles. The second-order valence-electron chi connectivity index (χ2n) is 4.47. The zero-order valence-electron chi connectivity index (χ0n) is 10.0. The lowest BCUT2D eigenvalue weighted by Gasteiger charge is -2.36. The fourth-order valence-electron chi connectivity index (χ4n) is 1.52. The van der Waals surface area contributed by atoms with E-state index < -0.39 is 29.5 Å². The van der Waals surface area contributed by atoms with E-state index in [9.17, 15) is 30.7 Å². The van der Waals surface area contributed by atoms with Crippen LogP contribution in [0.5, 0.6) is 0 Å². The van der Waals surface area contributed by atoms with Crippen LogP contribution in [0.2, 0.25) is 0 Å². The molecule has 0 saturated heterocycles. The number of benzene rings is 1. The van der Waals surface area contributed by atoms with E-state index in [1.54, 1.807) is 6.92 Å². The van der Waals surface area contributed by atoms with E-state index in [0.717, 1.165) is 12.1 Å². The summed E-state index contributed by atoms with van der Waals surface area (Å²) in [6.45, 7) is 1.42. The predicted molar refractivity (Wildman–Crippen MR) is 55.2 cm³/mol. The number of hydrogen-bond donors (Lipinski definition) is 0. The zero-order chi connectivity index (χ0) is 15.1. The van der Waals surface area contributed by atoms with Gasteiger partial charge < -0.3 is 0 Å². The van der Waals surface area contributed by atoms with Crippen LogP contribution in [-0.4, -0.2) is 12.4 Å². The van der Waals surface area contributed by atoms with Crippen LogP contribution in [0.15, 0.2) is 24.3 Å². The van der Waals surface area contributed by atoms with Crippen molar-refractivity contribution in [3.05, 3.63) is 35.4 Å². The van der Waals surface area contributed by atoms with Crippen molar-refractivity contribution in [3.63, 3.8) is 0 Å². The Morgan fingerprint density at radius 3 is 1.53 bits per heavy atom. The molecule has 0 heterocycles. The van der Waals surface area contributed by atoms with Gasteiger partial charge in [0, 0.05) is 0 Å². The largest absolute Gasteiger partial charge is 0.406 e. The maximum atomic E-state index is 13.9. The lowest BCUT2D eigenvalue weighted by molar-refractivity contribution is -0.353. The number of alkyl halides is 7. The second-order valence-corrected chi connectivity index (χ2v) is 4.47. The van der Waals surface area contributed by atoms with E-state index >= 15 is 0 Å². The van der Waals surface area contributed by atoms with Gasteiger partial charge in [-0.05, 0) is 19.4 Å². The van der Waals surface area contributed by atoms with Gasteiger partial charge in [0.25, 0.3) is 0 Å². The van der Waals surface area contributed by atoms with Crippen molar-refractivity contribution in [1.82, 2.24) is 0 Å². The van der Waals surface area contributed by atoms with Crippen molar-refractivity contribution in [3.8, 4) is 0 Å². The summed E-state index contributed by atoms with van der Waals surface area (Å²) in [7, 11) is 0. The first-order valence-corrected chi connectivity index (χ1v) is 5.25. The molecule has 0 N–H and O–H groups in total. The maximum Gasteiger partial charge on any atom is 0.406 e. The predicted octanol–water partition coefficient (Wildman–Crippen LogP) is 5.14. The molecule has 0 fully saturated rings. The molecular formula is C12H11F7. The summed E-state index contributed by atoms with van der Waals surface area (Å²) in [5.74, 6) is 0. The molecule has 0 aliphatic carbocycles. The fourth-order valence-corrected chi connectivity index (χ4v) is 1.52. The third kappa shape index (κ3) is 2.69. The molecule has 0 saturated carbocycles. The monoisotopic (exact) mass is 288 g/mol. The standard InChI is InChI=1S/C12H11F7/c1-7-3-5-8(6-4-7)9(13)10(2,11(14,15)16)12(17,18)19/h3-6,9H,1-2H3. The van der Waals surface area contributed by atoms with E-state index in [0.29, 0.717) is 5.56 Å². The zero-order valence-corrected chi connectivity index (χ0v) is 10.0. The van der Waals surface area contributed by atoms with Gasteiger partial charge >= 0.3 is 12.4 Å². The number of hydrogen-bond acceptors (Lipinski definition) is 0. The van der Waals surface area contributed by atoms with E-state index in [-0.39, 0.29) is 6.92 Å². The van der Waals surface area contributed by atoms with Crippen LogP contribution < -0.4 is 0 Å². The van der Waals surface area contributed by atoms with Gasteiger partial charge in [-0.25, -0.2) is 4.39 Å². The average Bonchev–Trinajstić information content (AvgIpc) is 2.25. The molecule has 1 aromatic carbocycles. The Hall–Kier alpha value is -1.27. The lowest BCUT2D eigenvalue weighted by atomic mass is 9.80. The van der Waals surface area contributed by atoms with Gasteiger partial charge in [-0.3, -0.25) is 0 Å². The second kappa shape index (κ2) is 4.68. The summed E-state index contributed by atoms with van der Waals surface area (Å²) >= 11 is 0. The molecule has 19 heavy (non-hydrogen) atoms. The SMILES string of the molecule is Cc1ccc(C(F)C(C)(C(F)(F)F)C(F)(F)F)cc1. The summed E-state index contributed by atoms with van der Waals surface area (Å²) in [5, 5.41) is 0. The van der Waals surface area contributed by atoms with Gasteiger partial charge in [0.2, 0.25) is 0 Å². The van der Waals surface area contributed by atoms with Crippen LogP contribution in [-0.2, 0) is 0 Å². The topological polar surface area (TPSA) is 0 Å². The highest BCUT2D eigenvalue weighted by atomic mass is 19.4. The minimum Gasteiger partial charge on any atom is -0.241 e. The summed E-state index contributed by atoms with van der Waals surface area (Å²) < 4.78 is 89.8. The van der Waals surface area contributed by atoms with Gasteiger partial charge in [-0.1, -0.05) is 29.8 Å². The van der Waals surface area contributed by atoms with Crippen LogP contribution in [0.25, 0.3) is 0 Å². The quantitative estimate of drug-likeness (QED) is 0.661. The molecule has 0 amide bonds. The van der Waals surface area contributed by atoms with Crippen LogP contribution in [0.3, 0.4) is 0 Å². The minimum atomic E-state index is -5.74. The first kappa shape index (κ1) is 15.8. The third-order valence-corrected chi connectivity index (χ3v) is 3.05. The molecule has 1 unspecified atom stereocenters. The number of aryl methyl sites for hydroxylation is 1. The molecule has 7 heteroatoms. The number of rotatable bonds is 2. The molecule has 1 atom stereocenters. The summed E-state index contributed by atoms with van der Waals surface area (Å²) in [6, 6.07) is 4.37. The smallest absolute Gasteiger partial charge is 0.241 e. The molecule has 0 spiro atoms. The Morgan fingerprint density at radius 1 is 0.842 bits per heavy atom. The molecule has 1 aromatic rings. The Bertz CT molecular complexity index is 413. The third-order valence-electron chi connectivity index (χ3n) is 3.05. The van der Waals surface area contributed by atoms with Crippen LogP contribution in [0.1, 0.15) is 24.2 Å². The van der Waals surface area contributed by atoms with Crippen molar-refractivity contribution in [2.45, 2.75) is 32.4 Å². The Balaban J connectivity index is 3.31. The molecule has 108 valence electrons. The van der Waals surface area contributed by atoms with Crippen molar-refractivity contribution in [1.29, 1.82) is 0 Å². The molecule has 0 nitrogen and oxygen atoms in total. The van der Waals surface area contributed by atoms with Crippen LogP contribution in [0, 0.1) is 12.3 Å². The lowest BCUT2D eigenvalue weighted by Crippen LogP contribution is -2.50. The molecule has 0 bridgehead atoms. The minimum absolute atomic E-state index is 0.169. The molecular weight excluding hydrogens is 277 g/mol. The Morgan fingerprint density at radius 2 is 1.21 bits per heavy atom. The van der Waals surface area contributed by atoms with Crippen molar-refractivity contribution >= 4 is 0 Å². The van der Waals surface area contributed by atoms with E-state index in [4.69, 9.17) is 0 Å². The first-order valence-electron chi connectivity index (χ1n) is 5.25. The maximum absolute atomic E-state index is 13.9. The van der Waals surface area contributed by atoms with Gasteiger partial charge in [0.1, 0.15) is 6.17 Å². The summed E-state index contributed by atoms with van der Waals surface area (Å²) in [4.78, 5) is 0. The summed E-state index contributed by atoms with van der Waals surface area (Å²) in [6.07, 6.45) is -14.7. The molecule has 0 radical (unpaired) electrons.